The van der Waals surface area contributed by atoms with Crippen LogP contribution in [0.15, 0.2) is 48.9 Å². The molecule has 0 aliphatic rings. The molecule has 0 aliphatic carbocycles. The quantitative estimate of drug-likeness (QED) is 0.343. The second kappa shape index (κ2) is 7.38. The highest BCUT2D eigenvalue weighted by atomic mass is 127. The second-order valence-corrected chi connectivity index (χ2v) is 6.40. The lowest BCUT2D eigenvalue weighted by Gasteiger charge is -2.10. The van der Waals surface area contributed by atoms with Crippen molar-refractivity contribution in [2.24, 2.45) is 0 Å². The normalized spacial score (nSPS) is 10.3. The van der Waals surface area contributed by atoms with Crippen LogP contribution in [-0.2, 0) is 0 Å². The number of nitrogens with zero attached hydrogens (tertiary/aromatic N) is 4. The summed E-state index contributed by atoms with van der Waals surface area (Å²) in [6, 6.07) is 11.0. The van der Waals surface area contributed by atoms with Crippen molar-refractivity contribution in [3.8, 4) is 0 Å². The summed E-state index contributed by atoms with van der Waals surface area (Å²) >= 11 is 2.19. The third-order valence-electron chi connectivity index (χ3n) is 3.27. The van der Waals surface area contributed by atoms with Gasteiger partial charge in [0.25, 0.3) is 0 Å². The molecule has 2 heterocycles. The minimum atomic E-state index is -0.522. The Kier molecular flexibility index (Phi) is 5.03. The van der Waals surface area contributed by atoms with Gasteiger partial charge in [0.15, 0.2) is 0 Å². The van der Waals surface area contributed by atoms with Crippen molar-refractivity contribution in [3.05, 3.63) is 68.2 Å². The van der Waals surface area contributed by atoms with Crippen molar-refractivity contribution in [2.45, 2.75) is 6.92 Å². The fourth-order valence-corrected chi connectivity index (χ4v) is 2.43. The molecule has 0 spiro atoms. The molecule has 0 radical (unpaired) electrons. The highest BCUT2D eigenvalue weighted by Crippen LogP contribution is 2.32. The monoisotopic (exact) mass is 448 g/mol. The molecule has 0 unspecified atom stereocenters. The summed E-state index contributed by atoms with van der Waals surface area (Å²) < 4.78 is 1.06. The van der Waals surface area contributed by atoms with Gasteiger partial charge in [0, 0.05) is 15.5 Å². The molecule has 0 saturated heterocycles. The number of anilines is 4. The van der Waals surface area contributed by atoms with Crippen molar-refractivity contribution in [3.63, 3.8) is 0 Å². The number of hydrogen-bond acceptors (Lipinski definition) is 7. The minimum Gasteiger partial charge on any atom is -0.334 e. The molecule has 2 N–H and O–H groups in total. The van der Waals surface area contributed by atoms with Gasteiger partial charge in [-0.15, -0.1) is 0 Å². The van der Waals surface area contributed by atoms with Crippen LogP contribution < -0.4 is 10.6 Å². The maximum absolute atomic E-state index is 11.6. The van der Waals surface area contributed by atoms with E-state index < -0.39 is 4.92 Å². The first-order valence-electron chi connectivity index (χ1n) is 7.24. The predicted molar refractivity (Wildman–Crippen MR) is 103 cm³/mol. The molecule has 0 amide bonds. The fourth-order valence-electron chi connectivity index (χ4n) is 2.07. The minimum absolute atomic E-state index is 0.0735. The smallest absolute Gasteiger partial charge is 0.334 e. The summed E-state index contributed by atoms with van der Waals surface area (Å²) in [7, 11) is 0. The first kappa shape index (κ1) is 17.0. The van der Waals surface area contributed by atoms with Crippen LogP contribution in [0.25, 0.3) is 0 Å². The summed E-state index contributed by atoms with van der Waals surface area (Å²) in [5, 5.41) is 17.4. The lowest BCUT2D eigenvalue weighted by Crippen LogP contribution is -2.06. The summed E-state index contributed by atoms with van der Waals surface area (Å²) in [4.78, 5) is 23.2. The van der Waals surface area contributed by atoms with E-state index >= 15 is 0 Å². The number of aromatic nitrogens is 3. The number of halogens is 1. The third-order valence-corrected chi connectivity index (χ3v) is 3.99. The highest BCUT2D eigenvalue weighted by Gasteiger charge is 2.23. The first-order chi connectivity index (χ1) is 12.0. The summed E-state index contributed by atoms with van der Waals surface area (Å²) in [5.41, 5.74) is 1.44. The van der Waals surface area contributed by atoms with Gasteiger partial charge in [-0.05, 0) is 65.4 Å². The molecule has 0 bridgehead atoms. The van der Waals surface area contributed by atoms with Gasteiger partial charge in [-0.25, -0.2) is 15.0 Å². The first-order valence-corrected chi connectivity index (χ1v) is 8.32. The zero-order valence-electron chi connectivity index (χ0n) is 13.1. The molecular formula is C16H13IN6O2. The van der Waals surface area contributed by atoms with E-state index in [2.05, 4.69) is 48.2 Å². The van der Waals surface area contributed by atoms with Crippen LogP contribution >= 0.6 is 22.6 Å². The average molecular weight is 448 g/mol. The molecule has 126 valence electrons. The number of rotatable bonds is 5. The maximum atomic E-state index is 11.6. The van der Waals surface area contributed by atoms with E-state index in [1.807, 2.05) is 37.3 Å². The molecule has 3 aromatic rings. The Labute approximate surface area is 157 Å². The zero-order chi connectivity index (χ0) is 17.8. The van der Waals surface area contributed by atoms with E-state index in [0.29, 0.717) is 11.5 Å². The van der Waals surface area contributed by atoms with Crippen molar-refractivity contribution in [1.29, 1.82) is 0 Å². The average Bonchev–Trinajstić information content (AvgIpc) is 2.59. The standard InChI is InChI=1S/C16H13IN6O2/c1-10-2-7-13(18-8-10)22-16-14(23(24)25)15(19-9-20-16)21-12-5-3-11(17)4-6-12/h2-9H,1H3,(H2,18,19,20,21,22). The van der Waals surface area contributed by atoms with Gasteiger partial charge in [-0.3, -0.25) is 10.1 Å². The van der Waals surface area contributed by atoms with Gasteiger partial charge in [-0.2, -0.15) is 0 Å². The van der Waals surface area contributed by atoms with Crippen LogP contribution in [0.4, 0.5) is 28.8 Å². The Morgan fingerprint density at radius 3 is 2.28 bits per heavy atom. The van der Waals surface area contributed by atoms with Gasteiger partial charge in [0.1, 0.15) is 12.1 Å². The van der Waals surface area contributed by atoms with Crippen LogP contribution in [0, 0.1) is 20.6 Å². The Morgan fingerprint density at radius 1 is 1.00 bits per heavy atom. The van der Waals surface area contributed by atoms with E-state index in [-0.39, 0.29) is 17.3 Å². The Hall–Kier alpha value is -2.82. The molecule has 0 fully saturated rings. The van der Waals surface area contributed by atoms with Crippen LogP contribution in [0.2, 0.25) is 0 Å². The van der Waals surface area contributed by atoms with Crippen molar-refractivity contribution in [2.75, 3.05) is 10.6 Å². The maximum Gasteiger partial charge on any atom is 0.353 e. The number of nitro groups is 1. The molecule has 0 atom stereocenters. The van der Waals surface area contributed by atoms with Gasteiger partial charge in [0.05, 0.1) is 4.92 Å². The van der Waals surface area contributed by atoms with Crippen molar-refractivity contribution in [1.82, 2.24) is 15.0 Å². The molecule has 0 aliphatic heterocycles. The van der Waals surface area contributed by atoms with E-state index in [9.17, 15) is 10.1 Å². The summed E-state index contributed by atoms with van der Waals surface area (Å²) in [5.74, 6) is 0.646. The lowest BCUT2D eigenvalue weighted by molar-refractivity contribution is -0.383. The zero-order valence-corrected chi connectivity index (χ0v) is 15.3. The fraction of sp³-hybridized carbons (Fsp3) is 0.0625. The molecular weight excluding hydrogens is 435 g/mol. The number of pyridine rings is 1. The molecule has 9 heteroatoms. The van der Waals surface area contributed by atoms with Crippen molar-refractivity contribution >= 4 is 51.4 Å². The number of hydrogen-bond donors (Lipinski definition) is 2. The van der Waals surface area contributed by atoms with Gasteiger partial charge in [-0.1, -0.05) is 6.07 Å². The van der Waals surface area contributed by atoms with Crippen LogP contribution in [0.3, 0.4) is 0 Å². The highest BCUT2D eigenvalue weighted by molar-refractivity contribution is 14.1. The van der Waals surface area contributed by atoms with E-state index in [0.717, 1.165) is 9.13 Å². The Balaban J connectivity index is 1.94. The molecule has 3 rings (SSSR count). The van der Waals surface area contributed by atoms with E-state index in [1.165, 1.54) is 6.33 Å². The Morgan fingerprint density at radius 2 is 1.68 bits per heavy atom. The third kappa shape index (κ3) is 4.18. The largest absolute Gasteiger partial charge is 0.353 e. The van der Waals surface area contributed by atoms with Crippen LogP contribution in [0.1, 0.15) is 5.56 Å². The number of aryl methyl sites for hydroxylation is 1. The Bertz CT molecular complexity index is 834. The van der Waals surface area contributed by atoms with Gasteiger partial charge >= 0.3 is 5.69 Å². The SMILES string of the molecule is Cc1ccc(Nc2ncnc(Nc3ccc(I)cc3)c2[N+](=O)[O-])nc1. The molecule has 2 aromatic heterocycles. The molecule has 25 heavy (non-hydrogen) atoms. The topological polar surface area (TPSA) is 106 Å². The number of benzene rings is 1. The van der Waals surface area contributed by atoms with E-state index in [1.54, 1.807) is 12.3 Å². The number of nitrogens with one attached hydrogen (secondary N) is 2. The summed E-state index contributed by atoms with van der Waals surface area (Å²) in [6.07, 6.45) is 2.93. The van der Waals surface area contributed by atoms with Crippen molar-refractivity contribution < 1.29 is 4.92 Å². The van der Waals surface area contributed by atoms with Gasteiger partial charge in [0.2, 0.25) is 11.6 Å². The molecule has 8 nitrogen and oxygen atoms in total. The van der Waals surface area contributed by atoms with Gasteiger partial charge < -0.3 is 10.6 Å². The van der Waals surface area contributed by atoms with Crippen LogP contribution in [-0.4, -0.2) is 19.9 Å². The van der Waals surface area contributed by atoms with E-state index in [4.69, 9.17) is 0 Å². The molecule has 1 aromatic carbocycles. The van der Waals surface area contributed by atoms with Crippen LogP contribution in [0.5, 0.6) is 0 Å². The predicted octanol–water partition coefficient (Wildman–Crippen LogP) is 4.18. The summed E-state index contributed by atoms with van der Waals surface area (Å²) in [6.45, 7) is 1.91. The lowest BCUT2D eigenvalue weighted by atomic mass is 10.3. The molecule has 0 saturated carbocycles. The second-order valence-electron chi connectivity index (χ2n) is 5.15.